The smallest absolute Gasteiger partial charge is 0.267 e. The molecule has 0 fully saturated rings. The molecule has 0 aromatic carbocycles. The molecule has 2 aromatic rings. The number of rotatable bonds is 2. The Balaban J connectivity index is 2.44. The summed E-state index contributed by atoms with van der Waals surface area (Å²) in [6.07, 6.45) is 3.37. The van der Waals surface area contributed by atoms with Crippen LogP contribution in [0.25, 0.3) is 0 Å². The maximum Gasteiger partial charge on any atom is 0.267 e. The zero-order chi connectivity index (χ0) is 10.8. The highest BCUT2D eigenvalue weighted by Crippen LogP contribution is 2.08. The van der Waals surface area contributed by atoms with E-state index >= 15 is 0 Å². The summed E-state index contributed by atoms with van der Waals surface area (Å²) in [5.41, 5.74) is 1.77. The monoisotopic (exact) mass is 333 g/mol. The molecule has 0 spiro atoms. The lowest BCUT2D eigenvalue weighted by Crippen LogP contribution is -2.25. The van der Waals surface area contributed by atoms with Gasteiger partial charge in [0.25, 0.3) is 5.56 Å². The van der Waals surface area contributed by atoms with Crippen molar-refractivity contribution in [1.82, 2.24) is 14.5 Å². The highest BCUT2D eigenvalue weighted by Gasteiger charge is 2.06. The Hall–Kier alpha value is -0.760. The van der Waals surface area contributed by atoms with Crippen LogP contribution in [-0.2, 0) is 6.54 Å². The van der Waals surface area contributed by atoms with Gasteiger partial charge in [-0.25, -0.2) is 4.98 Å². The van der Waals surface area contributed by atoms with Gasteiger partial charge in [-0.15, -0.1) is 11.3 Å². The van der Waals surface area contributed by atoms with Gasteiger partial charge in [-0.3, -0.25) is 14.3 Å². The van der Waals surface area contributed by atoms with Crippen LogP contribution >= 0.6 is 33.9 Å². The van der Waals surface area contributed by atoms with Crippen LogP contribution in [0.4, 0.5) is 0 Å². The zero-order valence-corrected chi connectivity index (χ0v) is 10.9. The second-order valence-electron chi connectivity index (χ2n) is 3.01. The van der Waals surface area contributed by atoms with Crippen LogP contribution < -0.4 is 5.56 Å². The normalized spacial score (nSPS) is 10.5. The van der Waals surface area contributed by atoms with Crippen molar-refractivity contribution < 1.29 is 0 Å². The van der Waals surface area contributed by atoms with Gasteiger partial charge in [0, 0.05) is 17.3 Å². The Morgan fingerprint density at radius 1 is 1.53 bits per heavy atom. The maximum atomic E-state index is 11.8. The summed E-state index contributed by atoms with van der Waals surface area (Å²) in [4.78, 5) is 21.0. The number of aromatic nitrogens is 3. The summed E-state index contributed by atoms with van der Waals surface area (Å²) in [7, 11) is 0. The molecule has 0 amide bonds. The molecule has 15 heavy (non-hydrogen) atoms. The molecule has 78 valence electrons. The van der Waals surface area contributed by atoms with Crippen molar-refractivity contribution in [3.8, 4) is 0 Å². The van der Waals surface area contributed by atoms with Crippen LogP contribution in [0, 0.1) is 10.5 Å². The van der Waals surface area contributed by atoms with Crippen molar-refractivity contribution in [3.05, 3.63) is 42.5 Å². The highest BCUT2D eigenvalue weighted by atomic mass is 127. The molecule has 0 saturated carbocycles. The number of halogens is 1. The molecule has 0 saturated heterocycles. The fourth-order valence-corrected chi connectivity index (χ4v) is 2.23. The first-order valence-electron chi connectivity index (χ1n) is 4.28. The van der Waals surface area contributed by atoms with Crippen molar-refractivity contribution in [2.75, 3.05) is 0 Å². The number of aryl methyl sites for hydroxylation is 1. The summed E-state index contributed by atoms with van der Waals surface area (Å²) < 4.78 is 2.30. The Bertz CT molecular complexity index is 521. The van der Waals surface area contributed by atoms with Crippen molar-refractivity contribution in [1.29, 1.82) is 0 Å². The second kappa shape index (κ2) is 4.40. The molecule has 0 aliphatic rings. The molecule has 0 aliphatic carbocycles. The fourth-order valence-electron chi connectivity index (χ4n) is 1.21. The number of thiazole rings is 1. The third-order valence-corrected chi connectivity index (χ3v) is 3.51. The maximum absolute atomic E-state index is 11.8. The van der Waals surface area contributed by atoms with E-state index in [1.807, 2.05) is 29.5 Å². The van der Waals surface area contributed by atoms with Gasteiger partial charge in [-0.2, -0.15) is 0 Å². The van der Waals surface area contributed by atoms with E-state index in [2.05, 4.69) is 9.97 Å². The fraction of sp³-hybridized carbons (Fsp3) is 0.222. The van der Waals surface area contributed by atoms with E-state index in [1.165, 1.54) is 11.3 Å². The molecular formula is C9H8IN3OS. The predicted octanol–water partition coefficient (Wildman–Crippen LogP) is 1.66. The molecule has 0 unspecified atom stereocenters. The minimum atomic E-state index is 0.0106. The van der Waals surface area contributed by atoms with Crippen LogP contribution in [0.5, 0.6) is 0 Å². The lowest BCUT2D eigenvalue weighted by atomic mass is 10.4. The molecule has 6 heteroatoms. The Morgan fingerprint density at radius 2 is 2.33 bits per heavy atom. The van der Waals surface area contributed by atoms with Crippen LogP contribution in [0.1, 0.15) is 10.7 Å². The van der Waals surface area contributed by atoms with Crippen molar-refractivity contribution in [3.63, 3.8) is 0 Å². The van der Waals surface area contributed by atoms with Crippen LogP contribution in [0.3, 0.4) is 0 Å². The average molecular weight is 333 g/mol. The van der Waals surface area contributed by atoms with E-state index in [0.29, 0.717) is 10.1 Å². The lowest BCUT2D eigenvalue weighted by molar-refractivity contribution is 0.701. The zero-order valence-electron chi connectivity index (χ0n) is 7.98. The summed E-state index contributed by atoms with van der Waals surface area (Å²) in [6.45, 7) is 2.39. The highest BCUT2D eigenvalue weighted by molar-refractivity contribution is 14.1. The van der Waals surface area contributed by atoms with Crippen LogP contribution in [0.2, 0.25) is 0 Å². The Morgan fingerprint density at radius 3 is 3.00 bits per heavy atom. The van der Waals surface area contributed by atoms with Gasteiger partial charge in [-0.05, 0) is 29.5 Å². The SMILES string of the molecule is Cc1ncc(I)c(=O)n1Cc1cncs1. The summed E-state index contributed by atoms with van der Waals surface area (Å²) in [6, 6.07) is 0. The predicted molar refractivity (Wildman–Crippen MR) is 67.2 cm³/mol. The molecule has 0 bridgehead atoms. The van der Waals surface area contributed by atoms with Gasteiger partial charge in [0.15, 0.2) is 0 Å². The third kappa shape index (κ3) is 2.25. The minimum absolute atomic E-state index is 0.0106. The first-order chi connectivity index (χ1) is 7.18. The molecule has 0 radical (unpaired) electrons. The lowest BCUT2D eigenvalue weighted by Gasteiger charge is -2.07. The number of hydrogen-bond acceptors (Lipinski definition) is 4. The molecule has 2 rings (SSSR count). The van der Waals surface area contributed by atoms with E-state index < -0.39 is 0 Å². The average Bonchev–Trinajstić information content (AvgIpc) is 2.71. The van der Waals surface area contributed by atoms with Gasteiger partial charge >= 0.3 is 0 Å². The first-order valence-corrected chi connectivity index (χ1v) is 6.23. The Labute approximate surface area is 104 Å². The van der Waals surface area contributed by atoms with Crippen molar-refractivity contribution >= 4 is 33.9 Å². The van der Waals surface area contributed by atoms with E-state index in [9.17, 15) is 4.79 Å². The van der Waals surface area contributed by atoms with E-state index in [4.69, 9.17) is 0 Å². The van der Waals surface area contributed by atoms with Gasteiger partial charge in [0.2, 0.25) is 0 Å². The summed E-state index contributed by atoms with van der Waals surface area (Å²) >= 11 is 3.54. The first kappa shape index (κ1) is 10.7. The molecule has 2 aromatic heterocycles. The second-order valence-corrected chi connectivity index (χ2v) is 5.15. The number of hydrogen-bond donors (Lipinski definition) is 0. The Kier molecular flexibility index (Phi) is 3.15. The van der Waals surface area contributed by atoms with Gasteiger partial charge in [0.1, 0.15) is 5.82 Å². The molecule has 0 N–H and O–H groups in total. The van der Waals surface area contributed by atoms with Crippen molar-refractivity contribution in [2.45, 2.75) is 13.5 Å². The van der Waals surface area contributed by atoms with E-state index in [1.54, 1.807) is 22.5 Å². The molecule has 4 nitrogen and oxygen atoms in total. The molecule has 0 aliphatic heterocycles. The van der Waals surface area contributed by atoms with Crippen LogP contribution in [-0.4, -0.2) is 14.5 Å². The molecule has 0 atom stereocenters. The van der Waals surface area contributed by atoms with E-state index in [-0.39, 0.29) is 5.56 Å². The minimum Gasteiger partial charge on any atom is -0.291 e. The summed E-state index contributed by atoms with van der Waals surface area (Å²) in [5.74, 6) is 0.730. The van der Waals surface area contributed by atoms with Crippen LogP contribution in [0.15, 0.2) is 22.7 Å². The van der Waals surface area contributed by atoms with Crippen molar-refractivity contribution in [2.24, 2.45) is 0 Å². The van der Waals surface area contributed by atoms with Gasteiger partial charge < -0.3 is 0 Å². The largest absolute Gasteiger partial charge is 0.291 e. The quantitative estimate of drug-likeness (QED) is 0.786. The third-order valence-electron chi connectivity index (χ3n) is 2.00. The summed E-state index contributed by atoms with van der Waals surface area (Å²) in [5, 5.41) is 0. The van der Waals surface area contributed by atoms with E-state index in [0.717, 1.165) is 10.7 Å². The topological polar surface area (TPSA) is 47.8 Å². The number of nitrogens with zero attached hydrogens (tertiary/aromatic N) is 3. The van der Waals surface area contributed by atoms with Gasteiger partial charge in [-0.1, -0.05) is 0 Å². The van der Waals surface area contributed by atoms with Gasteiger partial charge in [0.05, 0.1) is 15.6 Å². The molecule has 2 heterocycles. The standard InChI is InChI=1S/C9H8IN3OS/c1-6-12-3-8(10)9(14)13(6)4-7-2-11-5-15-7/h2-3,5H,4H2,1H3. The molecular weight excluding hydrogens is 325 g/mol.